The van der Waals surface area contributed by atoms with E-state index in [4.69, 9.17) is 4.74 Å². The van der Waals surface area contributed by atoms with Gasteiger partial charge in [0.05, 0.1) is 17.9 Å². The van der Waals surface area contributed by atoms with E-state index in [0.29, 0.717) is 5.75 Å². The topological polar surface area (TPSA) is 69.0 Å². The zero-order chi connectivity index (χ0) is 17.8. The molecule has 1 aliphatic rings. The number of amides is 1. The van der Waals surface area contributed by atoms with Crippen LogP contribution in [-0.4, -0.2) is 27.3 Å². The van der Waals surface area contributed by atoms with Crippen molar-refractivity contribution < 1.29 is 9.53 Å². The van der Waals surface area contributed by atoms with Crippen LogP contribution >= 0.6 is 0 Å². The van der Waals surface area contributed by atoms with Gasteiger partial charge in [0.25, 0.3) is 5.91 Å². The minimum atomic E-state index is -0.128. The maximum atomic E-state index is 12.3. The number of carbonyl (C=O) groups is 1. The first-order chi connectivity index (χ1) is 12.8. The van der Waals surface area contributed by atoms with Crippen LogP contribution in [0.25, 0.3) is 5.82 Å². The van der Waals surface area contributed by atoms with Gasteiger partial charge in [0.15, 0.2) is 12.4 Å². The van der Waals surface area contributed by atoms with E-state index in [9.17, 15) is 4.79 Å². The van der Waals surface area contributed by atoms with Crippen LogP contribution in [0, 0.1) is 0 Å². The van der Waals surface area contributed by atoms with Gasteiger partial charge in [-0.1, -0.05) is 24.3 Å². The monoisotopic (exact) mass is 348 g/mol. The van der Waals surface area contributed by atoms with Crippen LogP contribution < -0.4 is 10.1 Å². The van der Waals surface area contributed by atoms with Crippen molar-refractivity contribution in [3.8, 4) is 11.6 Å². The Morgan fingerprint density at radius 2 is 2.04 bits per heavy atom. The molecule has 4 rings (SSSR count). The predicted molar refractivity (Wildman–Crippen MR) is 97.1 cm³/mol. The number of aromatic nitrogens is 3. The molecule has 26 heavy (non-hydrogen) atoms. The van der Waals surface area contributed by atoms with Gasteiger partial charge in [0.2, 0.25) is 0 Å². The van der Waals surface area contributed by atoms with Crippen molar-refractivity contribution in [1.82, 2.24) is 20.1 Å². The quantitative estimate of drug-likeness (QED) is 0.770. The van der Waals surface area contributed by atoms with Crippen molar-refractivity contribution in [2.45, 2.75) is 25.3 Å². The molecule has 0 fully saturated rings. The highest BCUT2D eigenvalue weighted by molar-refractivity contribution is 5.78. The van der Waals surface area contributed by atoms with E-state index in [1.54, 1.807) is 6.20 Å². The predicted octanol–water partition coefficient (Wildman–Crippen LogP) is 2.84. The molecule has 0 bridgehead atoms. The summed E-state index contributed by atoms with van der Waals surface area (Å²) in [6.45, 7) is 0.00419. The fraction of sp³-hybridized carbons (Fsp3) is 0.250. The van der Waals surface area contributed by atoms with Gasteiger partial charge in [0.1, 0.15) is 5.75 Å². The second-order valence-corrected chi connectivity index (χ2v) is 6.26. The maximum absolute atomic E-state index is 12.3. The number of nitrogens with zero attached hydrogens (tertiary/aromatic N) is 3. The van der Waals surface area contributed by atoms with Crippen molar-refractivity contribution >= 4 is 5.91 Å². The molecule has 0 saturated heterocycles. The zero-order valence-corrected chi connectivity index (χ0v) is 14.3. The first-order valence-electron chi connectivity index (χ1n) is 8.76. The lowest BCUT2D eigenvalue weighted by Crippen LogP contribution is -2.34. The molecule has 1 amide bonds. The summed E-state index contributed by atoms with van der Waals surface area (Å²) < 4.78 is 7.40. The molecule has 132 valence electrons. The molecule has 1 aliphatic carbocycles. The summed E-state index contributed by atoms with van der Waals surface area (Å²) in [4.78, 5) is 16.7. The van der Waals surface area contributed by atoms with E-state index < -0.39 is 0 Å². The summed E-state index contributed by atoms with van der Waals surface area (Å²) in [6, 6.07) is 15.1. The molecule has 2 aromatic heterocycles. The zero-order valence-electron chi connectivity index (χ0n) is 14.3. The molecule has 0 unspecified atom stereocenters. The van der Waals surface area contributed by atoms with Gasteiger partial charge in [-0.2, -0.15) is 5.10 Å². The van der Waals surface area contributed by atoms with Gasteiger partial charge < -0.3 is 10.1 Å². The van der Waals surface area contributed by atoms with E-state index in [1.807, 2.05) is 59.4 Å². The lowest BCUT2D eigenvalue weighted by Gasteiger charge is -2.24. The second-order valence-electron chi connectivity index (χ2n) is 6.26. The van der Waals surface area contributed by atoms with Crippen LogP contribution in [0.15, 0.2) is 60.9 Å². The van der Waals surface area contributed by atoms with Gasteiger partial charge in [-0.15, -0.1) is 0 Å². The van der Waals surface area contributed by atoms with Gasteiger partial charge >= 0.3 is 0 Å². The summed E-state index contributed by atoms with van der Waals surface area (Å²) in [7, 11) is 0. The van der Waals surface area contributed by atoms with E-state index in [2.05, 4.69) is 15.4 Å². The van der Waals surface area contributed by atoms with Crippen LogP contribution in [0.3, 0.4) is 0 Å². The lowest BCUT2D eigenvalue weighted by atomic mass is 9.93. The molecular weight excluding hydrogens is 328 g/mol. The third kappa shape index (κ3) is 3.44. The molecule has 6 heteroatoms. The molecule has 0 saturated carbocycles. The van der Waals surface area contributed by atoms with Crippen molar-refractivity contribution in [2.24, 2.45) is 0 Å². The molecule has 1 N–H and O–H groups in total. The minimum Gasteiger partial charge on any atom is -0.484 e. The number of rotatable bonds is 5. The highest BCUT2D eigenvalue weighted by Gasteiger charge is 2.26. The molecule has 2 heterocycles. The van der Waals surface area contributed by atoms with Crippen LogP contribution in [0.2, 0.25) is 0 Å². The van der Waals surface area contributed by atoms with Crippen LogP contribution in [0.5, 0.6) is 5.75 Å². The molecule has 1 atom stereocenters. The summed E-state index contributed by atoms with van der Waals surface area (Å²) in [5.74, 6) is 1.36. The molecule has 1 aromatic carbocycles. The fourth-order valence-corrected chi connectivity index (χ4v) is 3.28. The molecule has 3 aromatic rings. The summed E-state index contributed by atoms with van der Waals surface area (Å²) in [5, 5.41) is 7.56. The molecular formula is C20H20N4O2. The smallest absolute Gasteiger partial charge is 0.258 e. The molecule has 0 spiro atoms. The number of fused-ring (bicyclic) bond motifs is 1. The second kappa shape index (κ2) is 7.39. The maximum Gasteiger partial charge on any atom is 0.258 e. The highest BCUT2D eigenvalue weighted by Crippen LogP contribution is 2.30. The van der Waals surface area contributed by atoms with E-state index in [1.165, 1.54) is 0 Å². The number of hydrogen-bond acceptors (Lipinski definition) is 4. The van der Waals surface area contributed by atoms with Gasteiger partial charge in [-0.25, -0.2) is 9.67 Å². The Balaban J connectivity index is 1.45. The number of ether oxygens (including phenoxy) is 1. The largest absolute Gasteiger partial charge is 0.484 e. The third-order valence-corrected chi connectivity index (χ3v) is 4.50. The SMILES string of the molecule is O=C(COc1ccccc1)N[C@@H]1CCCc2c1cnn2-c1ccccn1. The van der Waals surface area contributed by atoms with Gasteiger partial charge in [-0.05, 0) is 43.5 Å². The first-order valence-corrected chi connectivity index (χ1v) is 8.76. The van der Waals surface area contributed by atoms with E-state index >= 15 is 0 Å². The van der Waals surface area contributed by atoms with E-state index in [0.717, 1.165) is 36.3 Å². The van der Waals surface area contributed by atoms with Crippen molar-refractivity contribution in [3.63, 3.8) is 0 Å². The lowest BCUT2D eigenvalue weighted by molar-refractivity contribution is -0.123. The third-order valence-electron chi connectivity index (χ3n) is 4.50. The molecule has 6 nitrogen and oxygen atoms in total. The minimum absolute atomic E-state index is 0.00419. The number of pyridine rings is 1. The highest BCUT2D eigenvalue weighted by atomic mass is 16.5. The molecule has 0 aliphatic heterocycles. The average Bonchev–Trinajstić information content (AvgIpc) is 3.13. The number of carbonyl (C=O) groups excluding carboxylic acids is 1. The molecule has 0 radical (unpaired) electrons. The van der Waals surface area contributed by atoms with E-state index in [-0.39, 0.29) is 18.6 Å². The average molecular weight is 348 g/mol. The Morgan fingerprint density at radius 1 is 1.19 bits per heavy atom. The number of para-hydroxylation sites is 1. The van der Waals surface area contributed by atoms with Crippen molar-refractivity contribution in [3.05, 3.63) is 72.2 Å². The number of hydrogen-bond donors (Lipinski definition) is 1. The summed E-state index contributed by atoms with van der Waals surface area (Å²) >= 11 is 0. The first kappa shape index (κ1) is 16.3. The van der Waals surface area contributed by atoms with Crippen molar-refractivity contribution in [2.75, 3.05) is 6.61 Å². The van der Waals surface area contributed by atoms with Gasteiger partial charge in [0, 0.05) is 11.8 Å². The number of benzene rings is 1. The Labute approximate surface area is 151 Å². The summed E-state index contributed by atoms with van der Waals surface area (Å²) in [6.07, 6.45) is 6.42. The standard InChI is InChI=1S/C20H20N4O2/c25-20(14-26-15-7-2-1-3-8-15)23-17-9-6-10-18-16(17)13-22-24(18)19-11-4-5-12-21-19/h1-5,7-8,11-13,17H,6,9-10,14H2,(H,23,25)/t17-/m1/s1. The number of nitrogens with one attached hydrogen (secondary N) is 1. The van der Waals surface area contributed by atoms with Crippen LogP contribution in [-0.2, 0) is 11.2 Å². The van der Waals surface area contributed by atoms with Crippen LogP contribution in [0.4, 0.5) is 0 Å². The fourth-order valence-electron chi connectivity index (χ4n) is 3.28. The van der Waals surface area contributed by atoms with Gasteiger partial charge in [-0.3, -0.25) is 4.79 Å². The Hall–Kier alpha value is -3.15. The Kier molecular flexibility index (Phi) is 4.64. The summed E-state index contributed by atoms with van der Waals surface area (Å²) in [5.41, 5.74) is 2.18. The Morgan fingerprint density at radius 3 is 2.85 bits per heavy atom. The Bertz CT molecular complexity index is 877. The normalized spacial score (nSPS) is 15.9. The van der Waals surface area contributed by atoms with Crippen molar-refractivity contribution in [1.29, 1.82) is 0 Å². The van der Waals surface area contributed by atoms with Crippen LogP contribution in [0.1, 0.15) is 30.1 Å².